The van der Waals surface area contributed by atoms with Gasteiger partial charge in [-0.2, -0.15) is 18.4 Å². The van der Waals surface area contributed by atoms with Gasteiger partial charge in [-0.05, 0) is 43.7 Å². The van der Waals surface area contributed by atoms with Gasteiger partial charge in [0, 0.05) is 25.5 Å². The van der Waals surface area contributed by atoms with E-state index in [9.17, 15) is 32.8 Å². The number of likely N-dealkylation sites (N-methyl/N-ethyl adjacent to an activating group) is 1. The van der Waals surface area contributed by atoms with Crippen LogP contribution in [0.4, 0.5) is 30.5 Å². The summed E-state index contributed by atoms with van der Waals surface area (Å²) >= 11 is 0.773. The number of nitrogens with zero attached hydrogens (tertiary/aromatic N) is 4. The topological polar surface area (TPSA) is 132 Å². The van der Waals surface area contributed by atoms with Crippen LogP contribution in [-0.2, 0) is 16.1 Å². The number of anilines is 3. The molecule has 0 aliphatic heterocycles. The number of rotatable bonds is 9. The van der Waals surface area contributed by atoms with Crippen molar-refractivity contribution in [2.24, 2.45) is 0 Å². The monoisotopic (exact) mass is 573 g/mol. The molecule has 2 aromatic heterocycles. The maximum atomic E-state index is 12.8. The zero-order chi connectivity index (χ0) is 29.4. The number of pyridine rings is 1. The van der Waals surface area contributed by atoms with Gasteiger partial charge in [0.05, 0.1) is 6.54 Å². The van der Waals surface area contributed by atoms with Crippen molar-refractivity contribution >= 4 is 52.2 Å². The minimum atomic E-state index is -4.66. The lowest BCUT2D eigenvalue weighted by Crippen LogP contribution is -2.37. The molecule has 0 unspecified atom stereocenters. The number of hydrogen-bond donors (Lipinski definition) is 3. The Kier molecular flexibility index (Phi) is 9.68. The van der Waals surface area contributed by atoms with Crippen molar-refractivity contribution in [3.8, 4) is 6.07 Å². The molecule has 40 heavy (non-hydrogen) atoms. The summed E-state index contributed by atoms with van der Waals surface area (Å²) in [5.74, 6) is -0.981. The van der Waals surface area contributed by atoms with Gasteiger partial charge in [-0.1, -0.05) is 18.2 Å². The molecule has 14 heteroatoms. The van der Waals surface area contributed by atoms with E-state index in [1.54, 1.807) is 48.5 Å². The Morgan fingerprint density at radius 2 is 1.90 bits per heavy atom. The van der Waals surface area contributed by atoms with Crippen LogP contribution in [0.1, 0.15) is 12.5 Å². The molecule has 1 aromatic carbocycles. The van der Waals surface area contributed by atoms with Gasteiger partial charge in [0.15, 0.2) is 5.57 Å². The van der Waals surface area contributed by atoms with Crippen molar-refractivity contribution in [1.29, 1.82) is 5.26 Å². The largest absolute Gasteiger partial charge is 0.405 e. The van der Waals surface area contributed by atoms with Crippen LogP contribution in [0.5, 0.6) is 0 Å². The lowest BCUT2D eigenvalue weighted by molar-refractivity contribution is -0.135. The Bertz CT molecular complexity index is 1620. The summed E-state index contributed by atoms with van der Waals surface area (Å²) < 4.78 is 38.6. The molecule has 10 nitrogen and oxygen atoms in total. The molecule has 3 rings (SSSR count). The van der Waals surface area contributed by atoms with Crippen molar-refractivity contribution in [2.45, 2.75) is 26.6 Å². The van der Waals surface area contributed by atoms with Gasteiger partial charge in [0.25, 0.3) is 11.5 Å². The fourth-order valence-corrected chi connectivity index (χ4v) is 4.62. The molecule has 0 saturated carbocycles. The standard InChI is InChI=1S/C26H26F3N7O3S/c1-4-36-24(39)19(40-25(36)18(12-30)23(38)32-15-26(27,28)29)13-31-20-9-6-10-21(33-20)34-22(37)14-35(3)17-8-5-7-16(2)11-17/h5-11,13H,4,14-15H2,1-3H3,(H,32,38)(H2,31,33,34,37). The van der Waals surface area contributed by atoms with Gasteiger partial charge < -0.3 is 20.9 Å². The quantitative estimate of drug-likeness (QED) is 0.356. The second-order valence-electron chi connectivity index (χ2n) is 8.55. The van der Waals surface area contributed by atoms with Crippen LogP contribution in [0.3, 0.4) is 0 Å². The Labute approximate surface area is 231 Å². The molecule has 2 heterocycles. The normalized spacial score (nSPS) is 12.4. The predicted molar refractivity (Wildman–Crippen MR) is 147 cm³/mol. The van der Waals surface area contributed by atoms with Crippen LogP contribution < -0.4 is 35.6 Å². The summed E-state index contributed by atoms with van der Waals surface area (Å²) in [6.45, 7) is 2.10. The van der Waals surface area contributed by atoms with E-state index in [1.807, 2.05) is 31.2 Å². The predicted octanol–water partition coefficient (Wildman–Crippen LogP) is 1.91. The van der Waals surface area contributed by atoms with Crippen molar-refractivity contribution in [2.75, 3.05) is 35.7 Å². The number of thiazole rings is 1. The third-order valence-corrected chi connectivity index (χ3v) is 6.55. The van der Waals surface area contributed by atoms with Gasteiger partial charge in [0.2, 0.25) is 5.91 Å². The number of aromatic nitrogens is 2. The molecule has 0 aliphatic rings. The molecule has 0 aliphatic carbocycles. The molecular formula is C26H26F3N7O3S. The number of carbonyl (C=O) groups excluding carboxylic acids is 2. The third kappa shape index (κ3) is 7.93. The average molecular weight is 574 g/mol. The third-order valence-electron chi connectivity index (χ3n) is 5.42. The number of alkyl halides is 3. The van der Waals surface area contributed by atoms with Crippen LogP contribution in [0.15, 0.2) is 47.3 Å². The molecule has 3 N–H and O–H groups in total. The average Bonchev–Trinajstić information content (AvgIpc) is 3.21. The summed E-state index contributed by atoms with van der Waals surface area (Å²) in [5.41, 5.74) is 0.800. The van der Waals surface area contributed by atoms with Gasteiger partial charge in [0.1, 0.15) is 33.4 Å². The number of amides is 2. The zero-order valence-electron chi connectivity index (χ0n) is 21.8. The molecule has 0 saturated heterocycles. The molecule has 210 valence electrons. The number of halogens is 3. The first kappa shape index (κ1) is 29.9. The molecule has 0 bridgehead atoms. The van der Waals surface area contributed by atoms with E-state index in [0.29, 0.717) is 0 Å². The second kappa shape index (κ2) is 12.9. The highest BCUT2D eigenvalue weighted by Crippen LogP contribution is 2.15. The maximum absolute atomic E-state index is 12.8. The van der Waals surface area contributed by atoms with Gasteiger partial charge >= 0.3 is 6.18 Å². The van der Waals surface area contributed by atoms with E-state index < -0.39 is 29.8 Å². The van der Waals surface area contributed by atoms with Gasteiger partial charge in [-0.25, -0.2) is 4.98 Å². The molecule has 0 radical (unpaired) electrons. The Balaban J connectivity index is 1.79. The minimum absolute atomic E-state index is 0.0746. The van der Waals surface area contributed by atoms with Gasteiger partial charge in [-0.3, -0.25) is 19.0 Å². The first-order valence-corrected chi connectivity index (χ1v) is 12.7. The highest BCUT2D eigenvalue weighted by molar-refractivity contribution is 7.07. The Morgan fingerprint density at radius 3 is 2.55 bits per heavy atom. The molecule has 0 fully saturated rings. The number of nitriles is 1. The summed E-state index contributed by atoms with van der Waals surface area (Å²) in [5, 5.41) is 16.6. The second-order valence-corrected chi connectivity index (χ2v) is 9.58. The summed E-state index contributed by atoms with van der Waals surface area (Å²) in [7, 11) is 1.79. The smallest absolute Gasteiger partial charge is 0.365 e. The molecule has 2 amide bonds. The van der Waals surface area contributed by atoms with Crippen LogP contribution >= 0.6 is 11.3 Å². The van der Waals surface area contributed by atoms with E-state index >= 15 is 0 Å². The lowest BCUT2D eigenvalue weighted by Gasteiger charge is -2.19. The number of hydrogen-bond acceptors (Lipinski definition) is 8. The van der Waals surface area contributed by atoms with Crippen LogP contribution in [0, 0.1) is 18.3 Å². The fraction of sp³-hybridized carbons (Fsp3) is 0.269. The number of carbonyl (C=O) groups is 2. The van der Waals surface area contributed by atoms with Crippen LogP contribution in [0.2, 0.25) is 0 Å². The molecule has 3 aromatic rings. The Morgan fingerprint density at radius 1 is 1.20 bits per heavy atom. The highest BCUT2D eigenvalue weighted by atomic mass is 32.1. The van der Waals surface area contributed by atoms with Crippen molar-refractivity contribution in [3.05, 3.63) is 67.6 Å². The minimum Gasteiger partial charge on any atom is -0.365 e. The van der Waals surface area contributed by atoms with Crippen molar-refractivity contribution < 1.29 is 22.8 Å². The number of benzene rings is 1. The number of aryl methyl sites for hydroxylation is 1. The Hall–Kier alpha value is -4.64. The molecular weight excluding hydrogens is 547 g/mol. The van der Waals surface area contributed by atoms with E-state index in [2.05, 4.69) is 15.6 Å². The summed E-state index contributed by atoms with van der Waals surface area (Å²) in [4.78, 5) is 43.7. The maximum Gasteiger partial charge on any atom is 0.405 e. The molecule has 0 spiro atoms. The van der Waals surface area contributed by atoms with Gasteiger partial charge in [-0.15, -0.1) is 11.3 Å². The lowest BCUT2D eigenvalue weighted by atomic mass is 10.2. The van der Waals surface area contributed by atoms with E-state index in [1.165, 1.54) is 6.20 Å². The SMILES string of the molecule is CCn1c(=C(C#N)C(=O)NCC(F)(F)F)sc(=CNc2cccc(NC(=O)CN(C)c3cccc(C)c3)n2)c1=O. The first-order chi connectivity index (χ1) is 18.9. The van der Waals surface area contributed by atoms with E-state index in [-0.39, 0.29) is 39.8 Å². The fourth-order valence-electron chi connectivity index (χ4n) is 3.54. The zero-order valence-corrected chi connectivity index (χ0v) is 22.6. The van der Waals surface area contributed by atoms with Crippen molar-refractivity contribution in [1.82, 2.24) is 14.9 Å². The summed E-state index contributed by atoms with van der Waals surface area (Å²) in [6, 6.07) is 14.1. The van der Waals surface area contributed by atoms with Crippen molar-refractivity contribution in [3.63, 3.8) is 0 Å². The number of nitrogens with one attached hydrogen (secondary N) is 3. The van der Waals surface area contributed by atoms with E-state index in [4.69, 9.17) is 0 Å². The summed E-state index contributed by atoms with van der Waals surface area (Å²) in [6.07, 6.45) is -3.35. The van der Waals surface area contributed by atoms with E-state index in [0.717, 1.165) is 27.2 Å². The molecule has 0 atom stereocenters. The first-order valence-electron chi connectivity index (χ1n) is 11.9. The van der Waals surface area contributed by atoms with Crippen LogP contribution in [-0.4, -0.2) is 47.7 Å². The highest BCUT2D eigenvalue weighted by Gasteiger charge is 2.29. The van der Waals surface area contributed by atoms with Crippen LogP contribution in [0.25, 0.3) is 11.8 Å².